The fraction of sp³-hybridized carbons (Fsp3) is 0.0164. The van der Waals surface area contributed by atoms with E-state index in [0.717, 1.165) is 39.0 Å². The largest absolute Gasteiger partial charge is 0.456 e. The fourth-order valence-electron chi connectivity index (χ4n) is 11.2. The summed E-state index contributed by atoms with van der Waals surface area (Å²) in [6.07, 6.45) is 0. The van der Waals surface area contributed by atoms with E-state index < -0.39 is 5.41 Å². The number of furan rings is 1. The molecule has 3 heteroatoms. The van der Waals surface area contributed by atoms with Gasteiger partial charge >= 0.3 is 0 Å². The van der Waals surface area contributed by atoms with Gasteiger partial charge in [-0.3, -0.25) is 0 Å². The first-order valence-electron chi connectivity index (χ1n) is 22.0. The lowest BCUT2D eigenvalue weighted by Gasteiger charge is -2.36. The molecule has 0 aliphatic heterocycles. The minimum Gasteiger partial charge on any atom is -0.456 e. The van der Waals surface area contributed by atoms with Crippen molar-refractivity contribution in [2.24, 2.45) is 0 Å². The lowest BCUT2D eigenvalue weighted by atomic mass is 9.65. The molecule has 2 heterocycles. The fourth-order valence-corrected chi connectivity index (χ4v) is 12.3. The minimum atomic E-state index is -0.641. The second-order valence-corrected chi connectivity index (χ2v) is 18.2. The maximum atomic E-state index is 6.38. The van der Waals surface area contributed by atoms with Crippen molar-refractivity contribution in [1.82, 2.24) is 0 Å². The van der Waals surface area contributed by atoms with Crippen LogP contribution in [0.15, 0.2) is 229 Å². The van der Waals surface area contributed by atoms with Gasteiger partial charge in [0, 0.05) is 48.0 Å². The average molecular weight is 832 g/mol. The van der Waals surface area contributed by atoms with E-state index in [2.05, 4.69) is 223 Å². The first-order valence-corrected chi connectivity index (χ1v) is 22.8. The molecule has 12 aromatic rings. The van der Waals surface area contributed by atoms with Crippen LogP contribution in [-0.4, -0.2) is 0 Å². The number of para-hydroxylation sites is 1. The van der Waals surface area contributed by atoms with Crippen molar-refractivity contribution in [3.05, 3.63) is 247 Å². The van der Waals surface area contributed by atoms with Crippen molar-refractivity contribution in [3.63, 3.8) is 0 Å². The highest BCUT2D eigenvalue weighted by atomic mass is 32.1. The van der Waals surface area contributed by atoms with Crippen LogP contribution in [0.25, 0.3) is 86.6 Å². The van der Waals surface area contributed by atoms with Crippen molar-refractivity contribution in [3.8, 4) is 44.5 Å². The Balaban J connectivity index is 1.09. The SMILES string of the molecule is c1ccc(-c2ccc(N(c3ccc4c(c3)C3(c5ccccc5-c5ccccc5-4)c4ccccc4-c4cc5sc6ccccc6c5cc43)c3ccc4oc5ccccc5c4c3)cc2)cc1. The van der Waals surface area contributed by atoms with Gasteiger partial charge in [-0.05, 0) is 133 Å². The molecule has 64 heavy (non-hydrogen) atoms. The number of fused-ring (bicyclic) bond motifs is 18. The Morgan fingerprint density at radius 1 is 0.312 bits per heavy atom. The summed E-state index contributed by atoms with van der Waals surface area (Å²) in [6, 6.07) is 83.2. The lowest BCUT2D eigenvalue weighted by Crippen LogP contribution is -2.29. The number of nitrogens with zero attached hydrogens (tertiary/aromatic N) is 1. The number of anilines is 3. The Morgan fingerprint density at radius 2 is 0.859 bits per heavy atom. The number of benzene rings is 10. The summed E-state index contributed by atoms with van der Waals surface area (Å²) in [6.45, 7) is 0. The van der Waals surface area contributed by atoms with Crippen LogP contribution in [0.2, 0.25) is 0 Å². The van der Waals surface area contributed by atoms with Gasteiger partial charge in [-0.25, -0.2) is 0 Å². The normalized spacial score (nSPS) is 14.6. The van der Waals surface area contributed by atoms with E-state index in [0.29, 0.717) is 0 Å². The predicted molar refractivity (Wildman–Crippen MR) is 268 cm³/mol. The standard InChI is InChI=1S/C61H37NOS/c1-2-14-38(15-3-1)39-26-28-40(29-27-39)62(41-31-33-58-51(34-41)48-20-8-12-24-57(48)63-58)42-30-32-47-44-17-5-4-16-43(44)45-18-6-10-22-53(45)61(55(47)35-42)54-23-11-7-19-46(54)50-37-60-52(36-56(50)61)49-21-9-13-25-59(49)64-60/h1-37H. The summed E-state index contributed by atoms with van der Waals surface area (Å²) in [5.41, 5.74) is 19.5. The van der Waals surface area contributed by atoms with Crippen molar-refractivity contribution < 1.29 is 4.42 Å². The van der Waals surface area contributed by atoms with Gasteiger partial charge in [0.2, 0.25) is 0 Å². The van der Waals surface area contributed by atoms with E-state index in [-0.39, 0.29) is 0 Å². The number of rotatable bonds is 4. The Kier molecular flexibility index (Phi) is 7.51. The lowest BCUT2D eigenvalue weighted by molar-refractivity contribution is 0.669. The van der Waals surface area contributed by atoms with Gasteiger partial charge in [-0.2, -0.15) is 0 Å². The van der Waals surface area contributed by atoms with Crippen LogP contribution in [0.1, 0.15) is 22.3 Å². The third-order valence-corrected chi connectivity index (χ3v) is 15.0. The molecule has 2 aliphatic rings. The minimum absolute atomic E-state index is 0.641. The predicted octanol–water partition coefficient (Wildman–Crippen LogP) is 17.1. The Labute approximate surface area is 374 Å². The molecule has 2 nitrogen and oxygen atoms in total. The molecule has 2 aliphatic carbocycles. The Bertz CT molecular complexity index is 3860. The second-order valence-electron chi connectivity index (χ2n) is 17.1. The molecule has 2 aromatic heterocycles. The summed E-state index contributed by atoms with van der Waals surface area (Å²) in [5, 5.41) is 4.82. The molecular weight excluding hydrogens is 795 g/mol. The zero-order valence-corrected chi connectivity index (χ0v) is 35.4. The molecule has 10 aromatic carbocycles. The third kappa shape index (κ3) is 4.96. The molecule has 0 saturated heterocycles. The van der Waals surface area contributed by atoms with Gasteiger partial charge in [-0.15, -0.1) is 11.3 Å². The molecule has 0 N–H and O–H groups in total. The molecule has 1 atom stereocenters. The highest BCUT2D eigenvalue weighted by Gasteiger charge is 2.50. The molecule has 0 fully saturated rings. The molecule has 0 radical (unpaired) electrons. The van der Waals surface area contributed by atoms with Gasteiger partial charge < -0.3 is 9.32 Å². The molecule has 1 unspecified atom stereocenters. The van der Waals surface area contributed by atoms with Crippen LogP contribution in [-0.2, 0) is 5.41 Å². The highest BCUT2D eigenvalue weighted by Crippen LogP contribution is 2.63. The van der Waals surface area contributed by atoms with E-state index in [1.54, 1.807) is 0 Å². The summed E-state index contributed by atoms with van der Waals surface area (Å²) < 4.78 is 9.02. The van der Waals surface area contributed by atoms with E-state index in [4.69, 9.17) is 4.42 Å². The van der Waals surface area contributed by atoms with Gasteiger partial charge in [-0.1, -0.05) is 158 Å². The van der Waals surface area contributed by atoms with Crippen molar-refractivity contribution in [1.29, 1.82) is 0 Å². The molecule has 14 rings (SSSR count). The van der Waals surface area contributed by atoms with Crippen LogP contribution in [0.3, 0.4) is 0 Å². The molecule has 1 spiro atoms. The topological polar surface area (TPSA) is 16.4 Å². The van der Waals surface area contributed by atoms with Crippen LogP contribution < -0.4 is 4.90 Å². The van der Waals surface area contributed by atoms with Gasteiger partial charge in [0.15, 0.2) is 0 Å². The molecule has 298 valence electrons. The van der Waals surface area contributed by atoms with Gasteiger partial charge in [0.05, 0.1) is 5.41 Å². The van der Waals surface area contributed by atoms with Crippen LogP contribution >= 0.6 is 11.3 Å². The zero-order valence-electron chi connectivity index (χ0n) is 34.6. The second kappa shape index (κ2) is 13.5. The Hall–Kier alpha value is -7.98. The number of hydrogen-bond acceptors (Lipinski definition) is 3. The van der Waals surface area contributed by atoms with E-state index in [9.17, 15) is 0 Å². The average Bonchev–Trinajstić information content (AvgIpc) is 3.99. The quantitative estimate of drug-likeness (QED) is 0.176. The smallest absolute Gasteiger partial charge is 0.135 e. The molecule has 0 bridgehead atoms. The highest BCUT2D eigenvalue weighted by molar-refractivity contribution is 7.25. The monoisotopic (exact) mass is 831 g/mol. The number of thiophene rings is 1. The van der Waals surface area contributed by atoms with Crippen LogP contribution in [0.4, 0.5) is 17.1 Å². The van der Waals surface area contributed by atoms with Crippen LogP contribution in [0.5, 0.6) is 0 Å². The molecule has 0 saturated carbocycles. The van der Waals surface area contributed by atoms with Crippen LogP contribution in [0, 0.1) is 0 Å². The number of hydrogen-bond donors (Lipinski definition) is 0. The van der Waals surface area contributed by atoms with E-state index in [1.165, 1.54) is 86.9 Å². The van der Waals surface area contributed by atoms with Gasteiger partial charge in [0.1, 0.15) is 11.2 Å². The van der Waals surface area contributed by atoms with E-state index in [1.807, 2.05) is 17.4 Å². The van der Waals surface area contributed by atoms with Crippen molar-refractivity contribution in [2.75, 3.05) is 4.90 Å². The first kappa shape index (κ1) is 35.6. The summed E-state index contributed by atoms with van der Waals surface area (Å²) >= 11 is 1.89. The third-order valence-electron chi connectivity index (χ3n) is 13.9. The summed E-state index contributed by atoms with van der Waals surface area (Å²) in [7, 11) is 0. The maximum absolute atomic E-state index is 6.38. The molecule has 0 amide bonds. The molecular formula is C61H37NOS. The zero-order chi connectivity index (χ0) is 41.9. The van der Waals surface area contributed by atoms with Crippen molar-refractivity contribution >= 4 is 70.5 Å². The maximum Gasteiger partial charge on any atom is 0.135 e. The first-order chi connectivity index (χ1) is 31.7. The van der Waals surface area contributed by atoms with Gasteiger partial charge in [0.25, 0.3) is 0 Å². The summed E-state index contributed by atoms with van der Waals surface area (Å²) in [5.74, 6) is 0. The Morgan fingerprint density at radius 3 is 1.64 bits per heavy atom. The summed E-state index contributed by atoms with van der Waals surface area (Å²) in [4.78, 5) is 2.43. The van der Waals surface area contributed by atoms with E-state index >= 15 is 0 Å². The van der Waals surface area contributed by atoms with Crippen molar-refractivity contribution in [2.45, 2.75) is 5.41 Å².